The molecular weight excluding hydrogens is 384 g/mol. The number of amides is 1. The average molecular weight is 415 g/mol. The van der Waals surface area contributed by atoms with E-state index >= 15 is 0 Å². The predicted molar refractivity (Wildman–Crippen MR) is 115 cm³/mol. The number of carbonyl (C=O) groups excluding carboxylic acids is 1. The van der Waals surface area contributed by atoms with Crippen molar-refractivity contribution in [2.45, 2.75) is 56.6 Å². The third kappa shape index (κ3) is 4.44. The minimum Gasteiger partial charge on any atom is -0.497 e. The van der Waals surface area contributed by atoms with Crippen LogP contribution in [0.4, 0.5) is 0 Å². The molecule has 0 radical (unpaired) electrons. The van der Waals surface area contributed by atoms with Crippen molar-refractivity contribution in [1.29, 1.82) is 0 Å². The van der Waals surface area contributed by atoms with Crippen LogP contribution < -0.4 is 4.74 Å². The highest BCUT2D eigenvalue weighted by molar-refractivity contribution is 7.99. The molecule has 29 heavy (non-hydrogen) atoms. The van der Waals surface area contributed by atoms with Crippen LogP contribution in [0, 0.1) is 5.92 Å². The van der Waals surface area contributed by atoms with Gasteiger partial charge < -0.3 is 9.64 Å². The lowest BCUT2D eigenvalue weighted by Crippen LogP contribution is -2.29. The van der Waals surface area contributed by atoms with Crippen molar-refractivity contribution < 1.29 is 9.53 Å². The first-order valence-corrected chi connectivity index (χ1v) is 11.7. The lowest BCUT2D eigenvalue weighted by atomic mass is 9.85. The zero-order valence-electron chi connectivity index (χ0n) is 17.3. The summed E-state index contributed by atoms with van der Waals surface area (Å²) >= 11 is 1.53. The molecule has 0 bridgehead atoms. The van der Waals surface area contributed by atoms with Gasteiger partial charge in [-0.15, -0.1) is 10.2 Å². The highest BCUT2D eigenvalue weighted by Gasteiger charge is 2.29. The molecule has 0 spiro atoms. The van der Waals surface area contributed by atoms with E-state index in [9.17, 15) is 4.79 Å². The van der Waals surface area contributed by atoms with Gasteiger partial charge in [-0.05, 0) is 55.9 Å². The third-order valence-corrected chi connectivity index (χ3v) is 7.12. The van der Waals surface area contributed by atoms with E-state index in [4.69, 9.17) is 4.74 Å². The SMILES string of the molecule is COc1ccc(-c2nnc(SCC(=O)N3CCCC3)n2[C@H]2CCCC[C@@H]2C)cc1. The van der Waals surface area contributed by atoms with Gasteiger partial charge in [0.2, 0.25) is 5.91 Å². The summed E-state index contributed by atoms with van der Waals surface area (Å²) < 4.78 is 7.60. The van der Waals surface area contributed by atoms with E-state index in [1.165, 1.54) is 31.0 Å². The predicted octanol–water partition coefficient (Wildman–Crippen LogP) is 4.42. The van der Waals surface area contributed by atoms with Gasteiger partial charge >= 0.3 is 0 Å². The van der Waals surface area contributed by atoms with Crippen LogP contribution in [0.5, 0.6) is 5.75 Å². The molecule has 156 valence electrons. The number of hydrogen-bond donors (Lipinski definition) is 0. The minimum atomic E-state index is 0.213. The van der Waals surface area contributed by atoms with Gasteiger partial charge in [-0.25, -0.2) is 0 Å². The van der Waals surface area contributed by atoms with E-state index in [0.717, 1.165) is 54.6 Å². The van der Waals surface area contributed by atoms with Gasteiger partial charge in [0, 0.05) is 24.7 Å². The Kier molecular flexibility index (Phi) is 6.43. The molecule has 1 aliphatic carbocycles. The number of rotatable bonds is 6. The summed E-state index contributed by atoms with van der Waals surface area (Å²) in [5.74, 6) is 2.94. The summed E-state index contributed by atoms with van der Waals surface area (Å²) in [4.78, 5) is 14.5. The van der Waals surface area contributed by atoms with Gasteiger partial charge in [-0.3, -0.25) is 9.36 Å². The fraction of sp³-hybridized carbons (Fsp3) is 0.591. The first kappa shape index (κ1) is 20.3. The molecule has 1 saturated carbocycles. The lowest BCUT2D eigenvalue weighted by Gasteiger charge is -2.31. The number of carbonyl (C=O) groups is 1. The Bertz CT molecular complexity index is 830. The molecule has 6 nitrogen and oxygen atoms in total. The number of thioether (sulfide) groups is 1. The Morgan fingerprint density at radius 3 is 2.52 bits per heavy atom. The molecular formula is C22H30N4O2S. The van der Waals surface area contributed by atoms with Crippen molar-refractivity contribution in [3.8, 4) is 17.1 Å². The largest absolute Gasteiger partial charge is 0.497 e. The van der Waals surface area contributed by atoms with Crippen molar-refractivity contribution in [2.24, 2.45) is 5.92 Å². The second-order valence-corrected chi connectivity index (χ2v) is 9.05. The van der Waals surface area contributed by atoms with Crippen molar-refractivity contribution in [3.63, 3.8) is 0 Å². The monoisotopic (exact) mass is 414 g/mol. The number of hydrogen-bond acceptors (Lipinski definition) is 5. The lowest BCUT2D eigenvalue weighted by molar-refractivity contribution is -0.127. The van der Waals surface area contributed by atoms with Gasteiger partial charge in [0.05, 0.1) is 12.9 Å². The van der Waals surface area contributed by atoms with E-state index in [2.05, 4.69) is 21.7 Å². The van der Waals surface area contributed by atoms with Crippen LogP contribution >= 0.6 is 11.8 Å². The van der Waals surface area contributed by atoms with Crippen LogP contribution in [0.2, 0.25) is 0 Å². The first-order valence-electron chi connectivity index (χ1n) is 10.7. The summed E-state index contributed by atoms with van der Waals surface area (Å²) in [6, 6.07) is 8.37. The molecule has 1 amide bonds. The molecule has 1 aromatic carbocycles. The standard InChI is InChI=1S/C22H30N4O2S/c1-16-7-3-4-8-19(16)26-21(17-9-11-18(28-2)12-10-17)23-24-22(26)29-15-20(27)25-13-5-6-14-25/h9-12,16,19H,3-8,13-15H2,1-2H3/t16-,19-/m0/s1. The Morgan fingerprint density at radius 1 is 1.10 bits per heavy atom. The first-order chi connectivity index (χ1) is 14.2. The number of nitrogens with zero attached hydrogens (tertiary/aromatic N) is 4. The molecule has 1 saturated heterocycles. The minimum absolute atomic E-state index is 0.213. The van der Waals surface area contributed by atoms with Crippen LogP contribution in [-0.2, 0) is 4.79 Å². The molecule has 2 heterocycles. The molecule has 2 aromatic rings. The van der Waals surface area contributed by atoms with Gasteiger partial charge in [-0.1, -0.05) is 31.5 Å². The second-order valence-electron chi connectivity index (χ2n) is 8.11. The number of aromatic nitrogens is 3. The fourth-order valence-corrected chi connectivity index (χ4v) is 5.37. The maximum atomic E-state index is 12.6. The summed E-state index contributed by atoms with van der Waals surface area (Å²) in [6.45, 7) is 4.11. The Hall–Kier alpha value is -2.02. The van der Waals surface area contributed by atoms with Gasteiger partial charge in [0.25, 0.3) is 0 Å². The van der Waals surface area contributed by atoms with E-state index < -0.39 is 0 Å². The van der Waals surface area contributed by atoms with Crippen molar-refractivity contribution in [3.05, 3.63) is 24.3 Å². The quantitative estimate of drug-likeness (QED) is 0.655. The fourth-order valence-electron chi connectivity index (χ4n) is 4.48. The highest BCUT2D eigenvalue weighted by atomic mass is 32.2. The normalized spacial score (nSPS) is 22.1. The van der Waals surface area contributed by atoms with Crippen LogP contribution in [0.1, 0.15) is 51.5 Å². The molecule has 1 aliphatic heterocycles. The number of methoxy groups -OCH3 is 1. The molecule has 0 N–H and O–H groups in total. The molecule has 4 rings (SSSR count). The van der Waals surface area contributed by atoms with E-state index in [1.54, 1.807) is 7.11 Å². The van der Waals surface area contributed by atoms with Crippen molar-refractivity contribution in [2.75, 3.05) is 26.0 Å². The average Bonchev–Trinajstić information content (AvgIpc) is 3.43. The number of likely N-dealkylation sites (tertiary alicyclic amines) is 1. The highest BCUT2D eigenvalue weighted by Crippen LogP contribution is 2.39. The van der Waals surface area contributed by atoms with E-state index in [1.807, 2.05) is 29.2 Å². The van der Waals surface area contributed by atoms with E-state index in [0.29, 0.717) is 17.7 Å². The molecule has 7 heteroatoms. The summed E-state index contributed by atoms with van der Waals surface area (Å²) in [6.07, 6.45) is 7.11. The Morgan fingerprint density at radius 2 is 1.83 bits per heavy atom. The molecule has 1 aromatic heterocycles. The van der Waals surface area contributed by atoms with Crippen molar-refractivity contribution in [1.82, 2.24) is 19.7 Å². The van der Waals surface area contributed by atoms with Crippen LogP contribution in [-0.4, -0.2) is 51.5 Å². The Balaban J connectivity index is 1.61. The number of ether oxygens (including phenoxy) is 1. The van der Waals surface area contributed by atoms with Gasteiger partial charge in [0.15, 0.2) is 11.0 Å². The van der Waals surface area contributed by atoms with Crippen LogP contribution in [0.3, 0.4) is 0 Å². The van der Waals surface area contributed by atoms with Crippen LogP contribution in [0.25, 0.3) is 11.4 Å². The van der Waals surface area contributed by atoms with E-state index in [-0.39, 0.29) is 5.91 Å². The molecule has 2 fully saturated rings. The topological polar surface area (TPSA) is 60.3 Å². The van der Waals surface area contributed by atoms with Crippen molar-refractivity contribution >= 4 is 17.7 Å². The van der Waals surface area contributed by atoms with Gasteiger partial charge in [-0.2, -0.15) is 0 Å². The second kappa shape index (κ2) is 9.20. The smallest absolute Gasteiger partial charge is 0.233 e. The number of benzene rings is 1. The summed E-state index contributed by atoms with van der Waals surface area (Å²) in [5.41, 5.74) is 1.04. The molecule has 2 aliphatic rings. The zero-order valence-corrected chi connectivity index (χ0v) is 18.2. The maximum absolute atomic E-state index is 12.6. The van der Waals surface area contributed by atoms with Crippen LogP contribution in [0.15, 0.2) is 29.4 Å². The maximum Gasteiger partial charge on any atom is 0.233 e. The molecule has 0 unspecified atom stereocenters. The Labute approximate surface area is 177 Å². The molecule has 2 atom stereocenters. The van der Waals surface area contributed by atoms with Gasteiger partial charge in [0.1, 0.15) is 5.75 Å². The summed E-state index contributed by atoms with van der Waals surface area (Å²) in [7, 11) is 1.67. The summed E-state index contributed by atoms with van der Waals surface area (Å²) in [5, 5.41) is 9.93. The zero-order chi connectivity index (χ0) is 20.2. The third-order valence-electron chi connectivity index (χ3n) is 6.19.